The average Bonchev–Trinajstić information content (AvgIpc) is 3.05. The topological polar surface area (TPSA) is 59.2 Å². The molecular weight excluding hydrogens is 309 g/mol. The first-order valence-electron chi connectivity index (χ1n) is 8.43. The summed E-state index contributed by atoms with van der Waals surface area (Å²) in [5.41, 5.74) is 0.697. The molecule has 1 amide bonds. The van der Waals surface area contributed by atoms with Crippen molar-refractivity contribution in [1.29, 1.82) is 0 Å². The minimum absolute atomic E-state index is 0.135. The minimum Gasteiger partial charge on any atom is -0.337 e. The van der Waals surface area contributed by atoms with Crippen molar-refractivity contribution in [2.24, 2.45) is 5.92 Å². The highest BCUT2D eigenvalue weighted by Gasteiger charge is 2.32. The Hall–Kier alpha value is -2.24. The maximum atomic E-state index is 13.0. The molecular formula is C18H22FN3O2. The molecule has 1 aromatic carbocycles. The maximum absolute atomic E-state index is 13.0. The van der Waals surface area contributed by atoms with Gasteiger partial charge in [-0.3, -0.25) is 4.79 Å². The quantitative estimate of drug-likeness (QED) is 0.850. The number of nitrogens with zero attached hydrogens (tertiary/aromatic N) is 3. The van der Waals surface area contributed by atoms with Crippen LogP contribution in [0.25, 0.3) is 11.4 Å². The Morgan fingerprint density at radius 2 is 2.08 bits per heavy atom. The summed E-state index contributed by atoms with van der Waals surface area (Å²) in [5.74, 6) is 1.03. The van der Waals surface area contributed by atoms with Crippen LogP contribution in [-0.4, -0.2) is 27.5 Å². The maximum Gasteiger partial charge on any atom is 0.249 e. The number of rotatable bonds is 4. The van der Waals surface area contributed by atoms with Gasteiger partial charge in [0.05, 0.1) is 0 Å². The Balaban J connectivity index is 1.81. The Morgan fingerprint density at radius 1 is 1.33 bits per heavy atom. The van der Waals surface area contributed by atoms with Gasteiger partial charge in [0, 0.05) is 18.5 Å². The first-order valence-corrected chi connectivity index (χ1v) is 8.43. The summed E-state index contributed by atoms with van der Waals surface area (Å²) in [4.78, 5) is 18.8. The van der Waals surface area contributed by atoms with Gasteiger partial charge in [0.1, 0.15) is 11.9 Å². The van der Waals surface area contributed by atoms with Gasteiger partial charge in [0.15, 0.2) is 0 Å². The van der Waals surface area contributed by atoms with E-state index in [0.29, 0.717) is 29.6 Å². The van der Waals surface area contributed by atoms with Gasteiger partial charge in [-0.25, -0.2) is 4.39 Å². The molecule has 24 heavy (non-hydrogen) atoms. The molecule has 0 bridgehead atoms. The van der Waals surface area contributed by atoms with E-state index in [9.17, 15) is 9.18 Å². The van der Waals surface area contributed by atoms with E-state index < -0.39 is 0 Å². The number of carbonyl (C=O) groups is 1. The van der Waals surface area contributed by atoms with Crippen LogP contribution in [0.3, 0.4) is 0 Å². The fourth-order valence-corrected chi connectivity index (χ4v) is 3.04. The van der Waals surface area contributed by atoms with Crippen LogP contribution in [0.4, 0.5) is 4.39 Å². The van der Waals surface area contributed by atoms with Crippen LogP contribution in [0.1, 0.15) is 51.5 Å². The SMILES string of the molecule is CC(C)CC(=O)N1CCCC[C@@H]1c1nc(-c2ccc(F)cc2)no1. The van der Waals surface area contributed by atoms with E-state index in [2.05, 4.69) is 10.1 Å². The van der Waals surface area contributed by atoms with Crippen LogP contribution in [0.15, 0.2) is 28.8 Å². The van der Waals surface area contributed by atoms with Crippen molar-refractivity contribution in [1.82, 2.24) is 15.0 Å². The number of hydrogen-bond acceptors (Lipinski definition) is 4. The molecule has 0 aliphatic carbocycles. The molecule has 0 radical (unpaired) electrons. The van der Waals surface area contributed by atoms with E-state index in [0.717, 1.165) is 25.8 Å². The predicted molar refractivity (Wildman–Crippen MR) is 87.5 cm³/mol. The number of hydrogen-bond donors (Lipinski definition) is 0. The smallest absolute Gasteiger partial charge is 0.249 e. The first-order chi connectivity index (χ1) is 11.5. The van der Waals surface area contributed by atoms with Crippen molar-refractivity contribution >= 4 is 5.91 Å². The fraction of sp³-hybridized carbons (Fsp3) is 0.500. The van der Waals surface area contributed by atoms with Crippen LogP contribution in [0.5, 0.6) is 0 Å². The van der Waals surface area contributed by atoms with E-state index in [1.165, 1.54) is 12.1 Å². The van der Waals surface area contributed by atoms with Crippen molar-refractivity contribution in [2.45, 2.75) is 45.6 Å². The van der Waals surface area contributed by atoms with Gasteiger partial charge in [-0.05, 0) is 49.4 Å². The van der Waals surface area contributed by atoms with Gasteiger partial charge < -0.3 is 9.42 Å². The molecule has 2 heterocycles. The zero-order valence-corrected chi connectivity index (χ0v) is 14.0. The molecule has 1 aliphatic rings. The average molecular weight is 331 g/mol. The molecule has 1 atom stereocenters. The number of amides is 1. The molecule has 3 rings (SSSR count). The lowest BCUT2D eigenvalue weighted by atomic mass is 10.00. The summed E-state index contributed by atoms with van der Waals surface area (Å²) in [7, 11) is 0. The summed E-state index contributed by atoms with van der Waals surface area (Å²) < 4.78 is 18.5. The summed E-state index contributed by atoms with van der Waals surface area (Å²) >= 11 is 0. The largest absolute Gasteiger partial charge is 0.337 e. The number of carbonyl (C=O) groups excluding carboxylic acids is 1. The third kappa shape index (κ3) is 3.63. The van der Waals surface area contributed by atoms with Gasteiger partial charge in [-0.2, -0.15) is 4.98 Å². The zero-order chi connectivity index (χ0) is 17.1. The second kappa shape index (κ2) is 7.11. The van der Waals surface area contributed by atoms with Crippen LogP contribution in [0, 0.1) is 11.7 Å². The van der Waals surface area contributed by atoms with E-state index in [4.69, 9.17) is 4.52 Å². The molecule has 1 fully saturated rings. The van der Waals surface area contributed by atoms with Crippen molar-refractivity contribution in [3.05, 3.63) is 36.0 Å². The molecule has 1 saturated heterocycles. The van der Waals surface area contributed by atoms with Crippen molar-refractivity contribution < 1.29 is 13.7 Å². The van der Waals surface area contributed by atoms with Crippen molar-refractivity contribution in [3.8, 4) is 11.4 Å². The van der Waals surface area contributed by atoms with Gasteiger partial charge in [0.25, 0.3) is 0 Å². The van der Waals surface area contributed by atoms with Crippen LogP contribution in [0.2, 0.25) is 0 Å². The molecule has 6 heteroatoms. The summed E-state index contributed by atoms with van der Waals surface area (Å²) in [6, 6.07) is 5.81. The number of likely N-dealkylation sites (tertiary alicyclic amines) is 1. The molecule has 0 unspecified atom stereocenters. The number of benzene rings is 1. The van der Waals surface area contributed by atoms with Gasteiger partial charge in [-0.15, -0.1) is 0 Å². The molecule has 0 saturated carbocycles. The van der Waals surface area contributed by atoms with Crippen molar-refractivity contribution in [3.63, 3.8) is 0 Å². The lowest BCUT2D eigenvalue weighted by Crippen LogP contribution is -2.39. The highest BCUT2D eigenvalue weighted by Crippen LogP contribution is 2.32. The monoisotopic (exact) mass is 331 g/mol. The van der Waals surface area contributed by atoms with Crippen LogP contribution < -0.4 is 0 Å². The normalized spacial score (nSPS) is 18.2. The first kappa shape index (κ1) is 16.6. The van der Waals surface area contributed by atoms with Crippen molar-refractivity contribution in [2.75, 3.05) is 6.54 Å². The van der Waals surface area contributed by atoms with Crippen LogP contribution >= 0.6 is 0 Å². The molecule has 1 aromatic heterocycles. The van der Waals surface area contributed by atoms with Crippen LogP contribution in [-0.2, 0) is 4.79 Å². The summed E-state index contributed by atoms with van der Waals surface area (Å²) in [6.45, 7) is 4.80. The third-order valence-corrected chi connectivity index (χ3v) is 4.24. The molecule has 2 aromatic rings. The Bertz CT molecular complexity index is 697. The van der Waals surface area contributed by atoms with Gasteiger partial charge in [-0.1, -0.05) is 19.0 Å². The Morgan fingerprint density at radius 3 is 2.79 bits per heavy atom. The van der Waals surface area contributed by atoms with Gasteiger partial charge >= 0.3 is 0 Å². The molecule has 0 N–H and O–H groups in total. The lowest BCUT2D eigenvalue weighted by molar-refractivity contribution is -0.136. The molecule has 128 valence electrons. The van der Waals surface area contributed by atoms with Gasteiger partial charge in [0.2, 0.25) is 17.6 Å². The number of piperidine rings is 1. The predicted octanol–water partition coefficient (Wildman–Crippen LogP) is 3.98. The molecule has 1 aliphatic heterocycles. The minimum atomic E-state index is -0.305. The second-order valence-electron chi connectivity index (χ2n) is 6.66. The van der Waals surface area contributed by atoms with E-state index in [1.807, 2.05) is 18.7 Å². The molecule has 5 nitrogen and oxygen atoms in total. The molecule has 0 spiro atoms. The Kier molecular flexibility index (Phi) is 4.92. The number of halogens is 1. The standard InChI is InChI=1S/C18H22FN3O2/c1-12(2)11-16(23)22-10-4-3-5-15(22)18-20-17(21-24-18)13-6-8-14(19)9-7-13/h6-9,12,15H,3-5,10-11H2,1-2H3/t15-/m1/s1. The Labute approximate surface area is 140 Å². The summed E-state index contributed by atoms with van der Waals surface area (Å²) in [5, 5.41) is 4.00. The third-order valence-electron chi connectivity index (χ3n) is 4.24. The second-order valence-corrected chi connectivity index (χ2v) is 6.66. The number of aromatic nitrogens is 2. The zero-order valence-electron chi connectivity index (χ0n) is 14.0. The van der Waals surface area contributed by atoms with E-state index in [-0.39, 0.29) is 17.8 Å². The lowest BCUT2D eigenvalue weighted by Gasteiger charge is -2.33. The van der Waals surface area contributed by atoms with E-state index >= 15 is 0 Å². The van der Waals surface area contributed by atoms with E-state index in [1.54, 1.807) is 12.1 Å². The fourth-order valence-electron chi connectivity index (χ4n) is 3.04. The highest BCUT2D eigenvalue weighted by molar-refractivity contribution is 5.77. The highest BCUT2D eigenvalue weighted by atomic mass is 19.1. The summed E-state index contributed by atoms with van der Waals surface area (Å²) in [6.07, 6.45) is 3.38.